The summed E-state index contributed by atoms with van der Waals surface area (Å²) >= 11 is 0. The molecule has 5 heteroatoms. The Hall–Kier alpha value is -1.62. The minimum absolute atomic E-state index is 0.115. The molecular weight excluding hydrogens is 256 g/mol. The Labute approximate surface area is 117 Å². The maximum atomic E-state index is 12.5. The smallest absolute Gasteiger partial charge is 0.270 e. The minimum atomic E-state index is -0.289. The van der Waals surface area contributed by atoms with E-state index in [2.05, 4.69) is 4.98 Å². The molecular formula is C15H20N2O3. The molecule has 20 heavy (non-hydrogen) atoms. The topological polar surface area (TPSA) is 73.4 Å². The van der Waals surface area contributed by atoms with Crippen LogP contribution in [0.25, 0.3) is 0 Å². The molecule has 108 valence electrons. The van der Waals surface area contributed by atoms with Gasteiger partial charge in [0.05, 0.1) is 6.10 Å². The number of aliphatic hydroxyl groups excluding tert-OH is 1. The molecule has 3 unspecified atom stereocenters. The number of likely N-dealkylation sites (tertiary alicyclic amines) is 1. The summed E-state index contributed by atoms with van der Waals surface area (Å²) in [7, 11) is 0. The molecule has 0 spiro atoms. The highest BCUT2D eigenvalue weighted by Crippen LogP contribution is 2.36. The number of nitrogens with one attached hydrogen (secondary N) is 1. The molecule has 2 heterocycles. The van der Waals surface area contributed by atoms with Crippen molar-refractivity contribution < 1.29 is 9.90 Å². The molecule has 5 nitrogen and oxygen atoms in total. The van der Waals surface area contributed by atoms with Crippen molar-refractivity contribution in [3.05, 3.63) is 34.2 Å². The third-order valence-electron chi connectivity index (χ3n) is 4.58. The molecule has 1 aromatic rings. The van der Waals surface area contributed by atoms with Crippen LogP contribution >= 0.6 is 0 Å². The zero-order valence-corrected chi connectivity index (χ0v) is 11.4. The van der Waals surface area contributed by atoms with Crippen LogP contribution in [-0.4, -0.2) is 39.6 Å². The molecule has 1 amide bonds. The Morgan fingerprint density at radius 3 is 2.80 bits per heavy atom. The zero-order valence-electron chi connectivity index (χ0n) is 11.4. The van der Waals surface area contributed by atoms with Crippen molar-refractivity contribution in [2.45, 2.75) is 44.2 Å². The van der Waals surface area contributed by atoms with E-state index >= 15 is 0 Å². The van der Waals surface area contributed by atoms with Crippen molar-refractivity contribution in [3.63, 3.8) is 0 Å². The zero-order chi connectivity index (χ0) is 14.1. The predicted molar refractivity (Wildman–Crippen MR) is 74.5 cm³/mol. The monoisotopic (exact) mass is 276 g/mol. The van der Waals surface area contributed by atoms with Gasteiger partial charge in [-0.15, -0.1) is 0 Å². The molecule has 0 aromatic carbocycles. The average Bonchev–Trinajstić information content (AvgIpc) is 3.06. The molecule has 2 fully saturated rings. The van der Waals surface area contributed by atoms with Gasteiger partial charge in [0.15, 0.2) is 0 Å². The maximum Gasteiger partial charge on any atom is 0.270 e. The van der Waals surface area contributed by atoms with Crippen LogP contribution in [0.3, 0.4) is 0 Å². The molecule has 3 atom stereocenters. The van der Waals surface area contributed by atoms with Crippen molar-refractivity contribution in [1.29, 1.82) is 0 Å². The second-order valence-electron chi connectivity index (χ2n) is 5.80. The second-order valence-corrected chi connectivity index (χ2v) is 5.80. The molecule has 1 saturated carbocycles. The summed E-state index contributed by atoms with van der Waals surface area (Å²) in [5, 5.41) is 10.1. The highest BCUT2D eigenvalue weighted by molar-refractivity contribution is 5.92. The van der Waals surface area contributed by atoms with E-state index in [1.54, 1.807) is 12.1 Å². The molecule has 1 aliphatic carbocycles. The summed E-state index contributed by atoms with van der Waals surface area (Å²) in [4.78, 5) is 28.3. The fourth-order valence-electron chi connectivity index (χ4n) is 3.64. The third kappa shape index (κ3) is 2.38. The summed E-state index contributed by atoms with van der Waals surface area (Å²) in [6.45, 7) is 0.712. The Morgan fingerprint density at radius 2 is 2.10 bits per heavy atom. The third-order valence-corrected chi connectivity index (χ3v) is 4.58. The minimum Gasteiger partial charge on any atom is -0.393 e. The summed E-state index contributed by atoms with van der Waals surface area (Å²) in [6, 6.07) is 4.76. The van der Waals surface area contributed by atoms with Gasteiger partial charge in [0.25, 0.3) is 5.91 Å². The number of pyridine rings is 1. The maximum absolute atomic E-state index is 12.5. The van der Waals surface area contributed by atoms with Crippen LogP contribution in [0.5, 0.6) is 0 Å². The first-order chi connectivity index (χ1) is 9.66. The number of H-pyrrole nitrogens is 1. The first-order valence-electron chi connectivity index (χ1n) is 7.35. The van der Waals surface area contributed by atoms with Crippen LogP contribution in [-0.2, 0) is 0 Å². The van der Waals surface area contributed by atoms with Crippen molar-refractivity contribution in [2.75, 3.05) is 6.54 Å². The molecule has 1 saturated heterocycles. The Morgan fingerprint density at radius 1 is 1.25 bits per heavy atom. The molecule has 2 N–H and O–H groups in total. The molecule has 0 bridgehead atoms. The van der Waals surface area contributed by atoms with Crippen LogP contribution in [0.4, 0.5) is 0 Å². The first kappa shape index (κ1) is 13.4. The Balaban J connectivity index is 1.81. The lowest BCUT2D eigenvalue weighted by Crippen LogP contribution is -2.43. The van der Waals surface area contributed by atoms with E-state index < -0.39 is 0 Å². The second kappa shape index (κ2) is 5.40. The van der Waals surface area contributed by atoms with Crippen molar-refractivity contribution in [3.8, 4) is 0 Å². The number of hydrogen-bond donors (Lipinski definition) is 2. The molecule has 1 aromatic heterocycles. The van der Waals surface area contributed by atoms with E-state index in [1.807, 2.05) is 4.90 Å². The number of aromatic amines is 1. The van der Waals surface area contributed by atoms with Crippen LogP contribution in [0, 0.1) is 5.92 Å². The fraction of sp³-hybridized carbons (Fsp3) is 0.600. The van der Waals surface area contributed by atoms with Gasteiger partial charge in [-0.1, -0.05) is 12.5 Å². The number of rotatable bonds is 2. The lowest BCUT2D eigenvalue weighted by molar-refractivity contribution is 0.0523. The van der Waals surface area contributed by atoms with Gasteiger partial charge in [-0.25, -0.2) is 0 Å². The SMILES string of the molecule is O=C(c1cccc(=O)[nH]1)N1CCCC1C1CCCC1O. The average molecular weight is 276 g/mol. The van der Waals surface area contributed by atoms with E-state index in [1.165, 1.54) is 6.07 Å². The van der Waals surface area contributed by atoms with Gasteiger partial charge in [-0.3, -0.25) is 9.59 Å². The van der Waals surface area contributed by atoms with Gasteiger partial charge in [-0.2, -0.15) is 0 Å². The Kier molecular flexibility index (Phi) is 3.61. The lowest BCUT2D eigenvalue weighted by atomic mass is 9.94. The molecule has 3 rings (SSSR count). The number of amides is 1. The number of aliphatic hydroxyl groups is 1. The highest BCUT2D eigenvalue weighted by atomic mass is 16.3. The Bertz CT molecular complexity index is 554. The van der Waals surface area contributed by atoms with Gasteiger partial charge in [0.2, 0.25) is 5.56 Å². The first-order valence-corrected chi connectivity index (χ1v) is 7.35. The van der Waals surface area contributed by atoms with Crippen LogP contribution < -0.4 is 5.56 Å². The number of hydrogen-bond acceptors (Lipinski definition) is 3. The normalized spacial score (nSPS) is 29.9. The largest absolute Gasteiger partial charge is 0.393 e. The summed E-state index contributed by atoms with van der Waals surface area (Å²) in [5.41, 5.74) is 0.0874. The molecule has 2 aliphatic rings. The van der Waals surface area contributed by atoms with E-state index in [0.29, 0.717) is 12.2 Å². The van der Waals surface area contributed by atoms with Crippen LogP contribution in [0.1, 0.15) is 42.6 Å². The number of nitrogens with zero attached hydrogens (tertiary/aromatic N) is 1. The van der Waals surface area contributed by atoms with Gasteiger partial charge >= 0.3 is 0 Å². The van der Waals surface area contributed by atoms with Crippen molar-refractivity contribution in [1.82, 2.24) is 9.88 Å². The quantitative estimate of drug-likeness (QED) is 0.850. The van der Waals surface area contributed by atoms with Gasteiger partial charge in [0.1, 0.15) is 5.69 Å². The fourth-order valence-corrected chi connectivity index (χ4v) is 3.64. The van der Waals surface area contributed by atoms with Crippen molar-refractivity contribution >= 4 is 5.91 Å². The van der Waals surface area contributed by atoms with E-state index in [-0.39, 0.29) is 29.5 Å². The highest BCUT2D eigenvalue weighted by Gasteiger charge is 2.40. The van der Waals surface area contributed by atoms with E-state index in [4.69, 9.17) is 0 Å². The summed E-state index contributed by atoms with van der Waals surface area (Å²) in [5.74, 6) is 0.0705. The van der Waals surface area contributed by atoms with E-state index in [9.17, 15) is 14.7 Å². The van der Waals surface area contributed by atoms with Crippen LogP contribution in [0.2, 0.25) is 0 Å². The van der Waals surface area contributed by atoms with Gasteiger partial charge in [0, 0.05) is 24.6 Å². The lowest BCUT2D eigenvalue weighted by Gasteiger charge is -2.31. The number of aromatic nitrogens is 1. The number of carbonyl (C=O) groups is 1. The molecule has 1 aliphatic heterocycles. The predicted octanol–water partition coefficient (Wildman–Crippen LogP) is 1.14. The van der Waals surface area contributed by atoms with Gasteiger partial charge in [-0.05, 0) is 31.7 Å². The standard InChI is InChI=1S/C15H20N2O3/c18-13-7-1-4-10(13)12-6-3-9-17(12)15(20)11-5-2-8-14(19)16-11/h2,5,8,10,12-13,18H,1,3-4,6-7,9H2,(H,16,19). The van der Waals surface area contributed by atoms with E-state index in [0.717, 1.165) is 32.1 Å². The summed E-state index contributed by atoms with van der Waals surface area (Å²) < 4.78 is 0. The van der Waals surface area contributed by atoms with Crippen LogP contribution in [0.15, 0.2) is 23.0 Å². The molecule has 0 radical (unpaired) electrons. The van der Waals surface area contributed by atoms with Gasteiger partial charge < -0.3 is 15.0 Å². The van der Waals surface area contributed by atoms with Crippen molar-refractivity contribution in [2.24, 2.45) is 5.92 Å². The summed E-state index contributed by atoms with van der Waals surface area (Å²) in [6.07, 6.45) is 4.49. The number of carbonyl (C=O) groups excluding carboxylic acids is 1.